The number of hydrogen-bond donors (Lipinski definition) is 1. The third-order valence-corrected chi connectivity index (χ3v) is 2.51. The summed E-state index contributed by atoms with van der Waals surface area (Å²) in [5, 5.41) is 9.82. The van der Waals surface area contributed by atoms with E-state index in [1.807, 2.05) is 25.1 Å². The Morgan fingerprint density at radius 2 is 2.00 bits per heavy atom. The van der Waals surface area contributed by atoms with Crippen LogP contribution in [0.1, 0.15) is 37.8 Å². The molecule has 1 heteroatoms. The largest absolute Gasteiger partial charge is 0.508 e. The molecule has 0 amide bonds. The Kier molecular flexibility index (Phi) is 4.36. The van der Waals surface area contributed by atoms with E-state index in [1.54, 1.807) is 6.07 Å². The van der Waals surface area contributed by atoms with Crippen LogP contribution in [0.2, 0.25) is 0 Å². The van der Waals surface area contributed by atoms with Crippen molar-refractivity contribution in [2.45, 2.75) is 33.6 Å². The molecule has 0 aromatic heterocycles. The minimum Gasteiger partial charge on any atom is -0.508 e. The predicted octanol–water partition coefficient (Wildman–Crippen LogP) is 4.33. The first-order valence-corrected chi connectivity index (χ1v) is 5.62. The van der Waals surface area contributed by atoms with Gasteiger partial charge in [0.1, 0.15) is 5.75 Å². The van der Waals surface area contributed by atoms with Crippen molar-refractivity contribution in [1.29, 1.82) is 0 Å². The lowest BCUT2D eigenvalue weighted by Gasteiger charge is -2.09. The highest BCUT2D eigenvalue weighted by Crippen LogP contribution is 2.27. The molecule has 1 aromatic carbocycles. The molecule has 0 fully saturated rings. The molecule has 0 saturated carbocycles. The smallest absolute Gasteiger partial charge is 0.119 e. The summed E-state index contributed by atoms with van der Waals surface area (Å²) < 4.78 is 0. The van der Waals surface area contributed by atoms with Gasteiger partial charge in [-0.05, 0) is 32.4 Å². The zero-order chi connectivity index (χ0) is 12.1. The molecule has 0 spiro atoms. The van der Waals surface area contributed by atoms with Gasteiger partial charge in [-0.15, -0.1) is 0 Å². The van der Waals surface area contributed by atoms with Crippen LogP contribution in [0.25, 0.3) is 0 Å². The summed E-state index contributed by atoms with van der Waals surface area (Å²) in [5.41, 5.74) is 3.34. The molecule has 1 N–H and O–H groups in total. The summed E-state index contributed by atoms with van der Waals surface area (Å²) in [6.45, 7) is 8.20. The first kappa shape index (κ1) is 12.6. The van der Waals surface area contributed by atoms with Gasteiger partial charge in [-0.2, -0.15) is 0 Å². The number of benzene rings is 1. The fourth-order valence-corrected chi connectivity index (χ4v) is 1.56. The SMILES string of the molecule is CC(C)=C/C=C/C(C)c1ccc(C)cc1O. The van der Waals surface area contributed by atoms with E-state index in [1.165, 1.54) is 5.57 Å². The number of hydrogen-bond acceptors (Lipinski definition) is 1. The highest BCUT2D eigenvalue weighted by atomic mass is 16.3. The van der Waals surface area contributed by atoms with E-state index in [0.717, 1.165) is 11.1 Å². The molecule has 16 heavy (non-hydrogen) atoms. The Hall–Kier alpha value is -1.50. The number of allylic oxidation sites excluding steroid dienone is 4. The minimum absolute atomic E-state index is 0.233. The van der Waals surface area contributed by atoms with E-state index in [0.29, 0.717) is 5.75 Å². The highest BCUT2D eigenvalue weighted by molar-refractivity contribution is 5.40. The van der Waals surface area contributed by atoms with Crippen LogP contribution in [0.3, 0.4) is 0 Å². The molecular weight excluding hydrogens is 196 g/mol. The summed E-state index contributed by atoms with van der Waals surface area (Å²) in [5.74, 6) is 0.616. The van der Waals surface area contributed by atoms with Gasteiger partial charge in [-0.3, -0.25) is 0 Å². The van der Waals surface area contributed by atoms with Crippen LogP contribution in [0.15, 0.2) is 42.0 Å². The quantitative estimate of drug-likeness (QED) is 0.746. The second-order valence-corrected chi connectivity index (χ2v) is 4.48. The van der Waals surface area contributed by atoms with Crippen molar-refractivity contribution in [3.8, 4) is 5.75 Å². The van der Waals surface area contributed by atoms with Gasteiger partial charge in [0.25, 0.3) is 0 Å². The molecule has 1 unspecified atom stereocenters. The average molecular weight is 216 g/mol. The van der Waals surface area contributed by atoms with E-state index in [9.17, 15) is 5.11 Å². The van der Waals surface area contributed by atoms with Gasteiger partial charge in [0, 0.05) is 11.5 Å². The van der Waals surface area contributed by atoms with Crippen LogP contribution in [0.5, 0.6) is 5.75 Å². The van der Waals surface area contributed by atoms with Crippen molar-refractivity contribution in [3.05, 3.63) is 53.1 Å². The number of phenols is 1. The molecule has 1 aromatic rings. The van der Waals surface area contributed by atoms with Crippen molar-refractivity contribution in [2.24, 2.45) is 0 Å². The molecule has 0 aliphatic rings. The van der Waals surface area contributed by atoms with Crippen LogP contribution in [0, 0.1) is 6.92 Å². The van der Waals surface area contributed by atoms with E-state index in [2.05, 4.69) is 32.9 Å². The third kappa shape index (κ3) is 3.58. The molecule has 1 rings (SSSR count). The van der Waals surface area contributed by atoms with Gasteiger partial charge in [0.15, 0.2) is 0 Å². The number of rotatable bonds is 3. The summed E-state index contributed by atoms with van der Waals surface area (Å²) in [7, 11) is 0. The molecular formula is C15H20O. The van der Waals surface area contributed by atoms with Crippen LogP contribution >= 0.6 is 0 Å². The summed E-state index contributed by atoms with van der Waals surface area (Å²) >= 11 is 0. The molecule has 0 saturated heterocycles. The second-order valence-electron chi connectivity index (χ2n) is 4.48. The first-order chi connectivity index (χ1) is 7.50. The number of phenolic OH excluding ortho intramolecular Hbond substituents is 1. The van der Waals surface area contributed by atoms with E-state index in [-0.39, 0.29) is 5.92 Å². The monoisotopic (exact) mass is 216 g/mol. The Bertz CT molecular complexity index is 409. The van der Waals surface area contributed by atoms with Gasteiger partial charge in [0.2, 0.25) is 0 Å². The average Bonchev–Trinajstić information content (AvgIpc) is 2.16. The van der Waals surface area contributed by atoms with Gasteiger partial charge >= 0.3 is 0 Å². The van der Waals surface area contributed by atoms with Crippen molar-refractivity contribution in [2.75, 3.05) is 0 Å². The lowest BCUT2D eigenvalue weighted by Crippen LogP contribution is -1.90. The molecule has 1 nitrogen and oxygen atoms in total. The topological polar surface area (TPSA) is 20.2 Å². The van der Waals surface area contributed by atoms with E-state index >= 15 is 0 Å². The molecule has 0 heterocycles. The van der Waals surface area contributed by atoms with Gasteiger partial charge in [-0.1, -0.05) is 42.9 Å². The standard InChI is InChI=1S/C15H20O/c1-11(2)6-5-7-13(4)14-9-8-12(3)10-15(14)16/h5-10,13,16H,1-4H3/b7-5+. The molecule has 0 aliphatic carbocycles. The maximum atomic E-state index is 9.82. The molecule has 86 valence electrons. The zero-order valence-corrected chi connectivity index (χ0v) is 10.5. The van der Waals surface area contributed by atoms with Crippen LogP contribution in [-0.2, 0) is 0 Å². The lowest BCUT2D eigenvalue weighted by atomic mass is 9.98. The summed E-state index contributed by atoms with van der Waals surface area (Å²) in [6.07, 6.45) is 6.21. The number of aryl methyl sites for hydroxylation is 1. The second kappa shape index (κ2) is 5.55. The Morgan fingerprint density at radius 3 is 2.56 bits per heavy atom. The van der Waals surface area contributed by atoms with Crippen LogP contribution < -0.4 is 0 Å². The molecule has 0 bridgehead atoms. The van der Waals surface area contributed by atoms with Crippen molar-refractivity contribution >= 4 is 0 Å². The minimum atomic E-state index is 0.233. The van der Waals surface area contributed by atoms with Crippen LogP contribution in [0.4, 0.5) is 0 Å². The zero-order valence-electron chi connectivity index (χ0n) is 10.5. The van der Waals surface area contributed by atoms with Gasteiger partial charge in [0.05, 0.1) is 0 Å². The van der Waals surface area contributed by atoms with Crippen molar-refractivity contribution < 1.29 is 5.11 Å². The molecule has 0 aliphatic heterocycles. The maximum Gasteiger partial charge on any atom is 0.119 e. The fraction of sp³-hybridized carbons (Fsp3) is 0.333. The Morgan fingerprint density at radius 1 is 1.31 bits per heavy atom. The lowest BCUT2D eigenvalue weighted by molar-refractivity contribution is 0.466. The fourth-order valence-electron chi connectivity index (χ4n) is 1.56. The van der Waals surface area contributed by atoms with Crippen molar-refractivity contribution in [1.82, 2.24) is 0 Å². The normalized spacial score (nSPS) is 12.8. The summed E-state index contributed by atoms with van der Waals surface area (Å²) in [6, 6.07) is 5.82. The molecule has 0 radical (unpaired) electrons. The van der Waals surface area contributed by atoms with E-state index in [4.69, 9.17) is 0 Å². The highest BCUT2D eigenvalue weighted by Gasteiger charge is 2.06. The maximum absolute atomic E-state index is 9.82. The van der Waals surface area contributed by atoms with E-state index < -0.39 is 0 Å². The van der Waals surface area contributed by atoms with Gasteiger partial charge in [-0.25, -0.2) is 0 Å². The Labute approximate surface area is 98.1 Å². The first-order valence-electron chi connectivity index (χ1n) is 5.62. The van der Waals surface area contributed by atoms with Crippen molar-refractivity contribution in [3.63, 3.8) is 0 Å². The Balaban J connectivity index is 2.84. The predicted molar refractivity (Wildman–Crippen MR) is 69.8 cm³/mol. The number of aromatic hydroxyl groups is 1. The molecule has 1 atom stereocenters. The summed E-state index contributed by atoms with van der Waals surface area (Å²) in [4.78, 5) is 0. The van der Waals surface area contributed by atoms with Gasteiger partial charge < -0.3 is 5.11 Å². The van der Waals surface area contributed by atoms with Crippen LogP contribution in [-0.4, -0.2) is 5.11 Å². The third-order valence-electron chi connectivity index (χ3n) is 2.51.